The first-order valence-corrected chi connectivity index (χ1v) is 7.32. The van der Waals surface area contributed by atoms with E-state index in [2.05, 4.69) is 5.16 Å². The van der Waals surface area contributed by atoms with Gasteiger partial charge in [0.25, 0.3) is 6.29 Å². The highest BCUT2D eigenvalue weighted by Gasteiger charge is 2.34. The van der Waals surface area contributed by atoms with Crippen LogP contribution in [0.4, 0.5) is 0 Å². The number of hydrogen-bond acceptors (Lipinski definition) is 3. The van der Waals surface area contributed by atoms with Gasteiger partial charge < -0.3 is 9.57 Å². The third kappa shape index (κ3) is 2.85. The van der Waals surface area contributed by atoms with E-state index in [1.165, 1.54) is 0 Å². The average molecular weight is 322 g/mol. The first-order valence-electron chi connectivity index (χ1n) is 6.56. The van der Waals surface area contributed by atoms with Crippen LogP contribution in [0.3, 0.4) is 0 Å². The summed E-state index contributed by atoms with van der Waals surface area (Å²) in [5.74, 6) is 0.652. The summed E-state index contributed by atoms with van der Waals surface area (Å²) in [6.45, 7) is 1.97. The molecule has 0 N–H and O–H groups in total. The minimum absolute atomic E-state index is 0.0809. The molecule has 2 unspecified atom stereocenters. The Morgan fingerprint density at radius 2 is 1.67 bits per heavy atom. The van der Waals surface area contributed by atoms with E-state index in [1.807, 2.05) is 37.3 Å². The molecule has 0 radical (unpaired) electrons. The first-order chi connectivity index (χ1) is 10.2. The van der Waals surface area contributed by atoms with Gasteiger partial charge in [0.2, 0.25) is 0 Å². The van der Waals surface area contributed by atoms with E-state index in [0.717, 1.165) is 5.75 Å². The molecular weight excluding hydrogens is 309 g/mol. The van der Waals surface area contributed by atoms with Gasteiger partial charge in [0.05, 0.1) is 16.0 Å². The summed E-state index contributed by atoms with van der Waals surface area (Å²) < 4.78 is 5.80. The largest absolute Gasteiger partial charge is 0.452 e. The number of nitrogens with zero attached hydrogens (tertiary/aromatic N) is 1. The van der Waals surface area contributed by atoms with E-state index >= 15 is 0 Å². The van der Waals surface area contributed by atoms with Crippen LogP contribution >= 0.6 is 23.2 Å². The molecule has 0 spiro atoms. The minimum atomic E-state index is -0.491. The van der Waals surface area contributed by atoms with Gasteiger partial charge >= 0.3 is 0 Å². The van der Waals surface area contributed by atoms with E-state index in [0.29, 0.717) is 21.3 Å². The van der Waals surface area contributed by atoms with Crippen molar-refractivity contribution in [3.05, 3.63) is 64.1 Å². The molecule has 1 aliphatic heterocycles. The molecule has 2 aromatic carbocycles. The monoisotopic (exact) mass is 321 g/mol. The highest BCUT2D eigenvalue weighted by atomic mass is 35.5. The second-order valence-corrected chi connectivity index (χ2v) is 5.58. The maximum Gasteiger partial charge on any atom is 0.273 e. The number of ether oxygens (including phenoxy) is 1. The number of benzene rings is 2. The number of para-hydroxylation sites is 1. The van der Waals surface area contributed by atoms with Gasteiger partial charge in [-0.1, -0.05) is 52.6 Å². The quantitative estimate of drug-likeness (QED) is 0.815. The Morgan fingerprint density at radius 3 is 2.33 bits per heavy atom. The Kier molecular flexibility index (Phi) is 4.04. The molecule has 3 nitrogen and oxygen atoms in total. The van der Waals surface area contributed by atoms with Crippen molar-refractivity contribution >= 4 is 28.9 Å². The standard InChI is InChI=1S/C16H13Cl2NO2/c1-10-15(14-12(17)8-5-9-13(14)18)19-21-16(10)20-11-6-3-2-4-7-11/h2-10,16H,1H3. The lowest BCUT2D eigenvalue weighted by molar-refractivity contribution is -0.0767. The van der Waals surface area contributed by atoms with Crippen molar-refractivity contribution in [2.75, 3.05) is 0 Å². The molecule has 2 atom stereocenters. The Hall–Kier alpha value is -1.71. The summed E-state index contributed by atoms with van der Waals surface area (Å²) in [5.41, 5.74) is 1.40. The first kappa shape index (κ1) is 14.2. The molecule has 0 aliphatic carbocycles. The predicted octanol–water partition coefficient (Wildman–Crippen LogP) is 4.77. The van der Waals surface area contributed by atoms with Gasteiger partial charge in [0.1, 0.15) is 11.5 Å². The fraction of sp³-hybridized carbons (Fsp3) is 0.188. The molecule has 1 aliphatic rings. The zero-order valence-corrected chi connectivity index (χ0v) is 12.8. The summed E-state index contributed by atoms with van der Waals surface area (Å²) in [5, 5.41) is 5.21. The van der Waals surface area contributed by atoms with E-state index in [-0.39, 0.29) is 5.92 Å². The molecule has 0 saturated heterocycles. The molecule has 2 aromatic rings. The van der Waals surface area contributed by atoms with Gasteiger partial charge in [-0.15, -0.1) is 0 Å². The second kappa shape index (κ2) is 5.96. The lowest BCUT2D eigenvalue weighted by atomic mass is 9.98. The lowest BCUT2D eigenvalue weighted by Gasteiger charge is -2.17. The van der Waals surface area contributed by atoms with Gasteiger partial charge in [-0.05, 0) is 31.2 Å². The van der Waals surface area contributed by atoms with Gasteiger partial charge in [0, 0.05) is 5.56 Å². The van der Waals surface area contributed by atoms with E-state index in [4.69, 9.17) is 32.8 Å². The van der Waals surface area contributed by atoms with Crippen molar-refractivity contribution in [3.8, 4) is 5.75 Å². The smallest absolute Gasteiger partial charge is 0.273 e. The third-order valence-electron chi connectivity index (χ3n) is 3.31. The molecule has 0 bridgehead atoms. The number of halogens is 2. The molecule has 0 amide bonds. The summed E-state index contributed by atoms with van der Waals surface area (Å²) in [4.78, 5) is 5.39. The van der Waals surface area contributed by atoms with Crippen molar-refractivity contribution in [2.24, 2.45) is 11.1 Å². The fourth-order valence-electron chi connectivity index (χ4n) is 2.18. The minimum Gasteiger partial charge on any atom is -0.452 e. The highest BCUT2D eigenvalue weighted by molar-refractivity contribution is 6.40. The number of hydrogen-bond donors (Lipinski definition) is 0. The zero-order chi connectivity index (χ0) is 14.8. The molecular formula is C16H13Cl2NO2. The van der Waals surface area contributed by atoms with Crippen LogP contribution < -0.4 is 4.74 Å². The van der Waals surface area contributed by atoms with Crippen LogP contribution in [0.15, 0.2) is 53.7 Å². The number of rotatable bonds is 3. The second-order valence-electron chi connectivity index (χ2n) is 4.77. The van der Waals surface area contributed by atoms with Crippen molar-refractivity contribution in [1.82, 2.24) is 0 Å². The molecule has 0 aromatic heterocycles. The van der Waals surface area contributed by atoms with Crippen LogP contribution in [0, 0.1) is 5.92 Å². The average Bonchev–Trinajstić information content (AvgIpc) is 2.82. The van der Waals surface area contributed by atoms with Gasteiger partial charge in [-0.2, -0.15) is 0 Å². The van der Waals surface area contributed by atoms with Gasteiger partial charge in [0.15, 0.2) is 0 Å². The Labute approximate surface area is 133 Å². The highest BCUT2D eigenvalue weighted by Crippen LogP contribution is 2.32. The normalized spacial score (nSPS) is 20.8. The van der Waals surface area contributed by atoms with Crippen LogP contribution in [0.2, 0.25) is 10.0 Å². The number of oxime groups is 1. The van der Waals surface area contributed by atoms with Crippen LogP contribution in [0.1, 0.15) is 12.5 Å². The molecule has 0 saturated carbocycles. The van der Waals surface area contributed by atoms with Crippen molar-refractivity contribution in [1.29, 1.82) is 0 Å². The van der Waals surface area contributed by atoms with Crippen LogP contribution in [0.5, 0.6) is 5.75 Å². The summed E-state index contributed by atoms with van der Waals surface area (Å²) in [6, 6.07) is 14.8. The van der Waals surface area contributed by atoms with Gasteiger partial charge in [-0.25, -0.2) is 0 Å². The van der Waals surface area contributed by atoms with Crippen molar-refractivity contribution in [3.63, 3.8) is 0 Å². The van der Waals surface area contributed by atoms with Crippen molar-refractivity contribution in [2.45, 2.75) is 13.2 Å². The van der Waals surface area contributed by atoms with Crippen LogP contribution in [-0.2, 0) is 4.84 Å². The van der Waals surface area contributed by atoms with Gasteiger partial charge in [-0.3, -0.25) is 0 Å². The topological polar surface area (TPSA) is 30.8 Å². The molecule has 1 heterocycles. The summed E-state index contributed by atoms with van der Waals surface area (Å²) in [7, 11) is 0. The molecule has 5 heteroatoms. The SMILES string of the molecule is CC1C(c2c(Cl)cccc2Cl)=NOC1Oc1ccccc1. The fourth-order valence-corrected chi connectivity index (χ4v) is 2.78. The van der Waals surface area contributed by atoms with Crippen molar-refractivity contribution < 1.29 is 9.57 Å². The molecule has 3 rings (SSSR count). The van der Waals surface area contributed by atoms with Crippen LogP contribution in [0.25, 0.3) is 0 Å². The zero-order valence-electron chi connectivity index (χ0n) is 11.3. The Balaban J connectivity index is 1.82. The summed E-state index contributed by atoms with van der Waals surface area (Å²) >= 11 is 12.4. The molecule has 108 valence electrons. The Bertz CT molecular complexity index is 653. The molecule has 0 fully saturated rings. The lowest BCUT2D eigenvalue weighted by Crippen LogP contribution is -2.27. The van der Waals surface area contributed by atoms with Crippen LogP contribution in [-0.4, -0.2) is 12.0 Å². The third-order valence-corrected chi connectivity index (χ3v) is 3.94. The maximum absolute atomic E-state index is 6.22. The predicted molar refractivity (Wildman–Crippen MR) is 84.1 cm³/mol. The van der Waals surface area contributed by atoms with E-state index in [9.17, 15) is 0 Å². The van der Waals surface area contributed by atoms with E-state index < -0.39 is 6.29 Å². The molecule has 21 heavy (non-hydrogen) atoms. The van der Waals surface area contributed by atoms with E-state index in [1.54, 1.807) is 18.2 Å². The maximum atomic E-state index is 6.22. The Morgan fingerprint density at radius 1 is 1.00 bits per heavy atom. The summed E-state index contributed by atoms with van der Waals surface area (Å²) in [6.07, 6.45) is -0.491.